The van der Waals surface area contributed by atoms with Crippen LogP contribution in [0.5, 0.6) is 0 Å². The molecule has 3 nitrogen and oxygen atoms in total. The summed E-state index contributed by atoms with van der Waals surface area (Å²) in [7, 11) is 0. The number of nitrogens with zero attached hydrogens (tertiary/aromatic N) is 1. The highest BCUT2D eigenvalue weighted by atomic mass is 35.5. The molecule has 1 fully saturated rings. The van der Waals surface area contributed by atoms with Crippen LogP contribution in [0.15, 0.2) is 54.6 Å². The Morgan fingerprint density at radius 1 is 0.846 bits per heavy atom. The molecule has 5 rings (SSSR count). The summed E-state index contributed by atoms with van der Waals surface area (Å²) in [5.41, 5.74) is 1.25. The highest BCUT2D eigenvalue weighted by molar-refractivity contribution is 6.23. The van der Waals surface area contributed by atoms with E-state index in [0.29, 0.717) is 0 Å². The maximum absolute atomic E-state index is 10.2. The third-order valence-corrected chi connectivity index (χ3v) is 5.69. The first-order valence-electron chi connectivity index (χ1n) is 9.09. The highest BCUT2D eigenvalue weighted by Crippen LogP contribution is 2.38. The van der Waals surface area contributed by atoms with Crippen molar-refractivity contribution in [1.29, 1.82) is 0 Å². The first-order valence-corrected chi connectivity index (χ1v) is 9.09. The van der Waals surface area contributed by atoms with Crippen LogP contribution in [0.2, 0.25) is 0 Å². The molecule has 0 spiro atoms. The molecular formula is C22H23ClN2O. The van der Waals surface area contributed by atoms with Gasteiger partial charge in [0.25, 0.3) is 0 Å². The van der Waals surface area contributed by atoms with Gasteiger partial charge >= 0.3 is 0 Å². The molecule has 4 aromatic carbocycles. The Kier molecular flexibility index (Phi) is 4.72. The molecule has 4 aromatic rings. The normalized spacial score (nSPS) is 17.0. The SMILES string of the molecule is Cl.OC[C@@H](c1ccc2ccc3cccc4ccc1c2c34)N1CCNCC1. The second-order valence-electron chi connectivity index (χ2n) is 7.00. The van der Waals surface area contributed by atoms with E-state index in [1.165, 1.54) is 37.9 Å². The van der Waals surface area contributed by atoms with E-state index in [0.717, 1.165) is 26.2 Å². The lowest BCUT2D eigenvalue weighted by Gasteiger charge is -2.35. The Morgan fingerprint density at radius 2 is 1.46 bits per heavy atom. The summed E-state index contributed by atoms with van der Waals surface area (Å²) in [5.74, 6) is 0. The summed E-state index contributed by atoms with van der Waals surface area (Å²) in [6, 6.07) is 19.9. The lowest BCUT2D eigenvalue weighted by molar-refractivity contribution is 0.111. The van der Waals surface area contributed by atoms with E-state index < -0.39 is 0 Å². The van der Waals surface area contributed by atoms with Crippen LogP contribution in [-0.4, -0.2) is 42.8 Å². The molecular weight excluding hydrogens is 344 g/mol. The molecule has 0 bridgehead atoms. The molecule has 1 heterocycles. The maximum atomic E-state index is 10.2. The average molecular weight is 367 g/mol. The van der Waals surface area contributed by atoms with Gasteiger partial charge in [0.1, 0.15) is 0 Å². The van der Waals surface area contributed by atoms with Crippen molar-refractivity contribution in [2.24, 2.45) is 0 Å². The van der Waals surface area contributed by atoms with Gasteiger partial charge < -0.3 is 10.4 Å². The summed E-state index contributed by atoms with van der Waals surface area (Å²) in [6.07, 6.45) is 0. The summed E-state index contributed by atoms with van der Waals surface area (Å²) in [5, 5.41) is 21.4. The van der Waals surface area contributed by atoms with Crippen LogP contribution in [0.1, 0.15) is 11.6 Å². The van der Waals surface area contributed by atoms with E-state index in [2.05, 4.69) is 64.8 Å². The molecule has 2 N–H and O–H groups in total. The van der Waals surface area contributed by atoms with Crippen molar-refractivity contribution in [3.63, 3.8) is 0 Å². The van der Waals surface area contributed by atoms with Crippen LogP contribution in [0.3, 0.4) is 0 Å². The summed E-state index contributed by atoms with van der Waals surface area (Å²) < 4.78 is 0. The largest absolute Gasteiger partial charge is 0.394 e. The zero-order valence-electron chi connectivity index (χ0n) is 14.6. The van der Waals surface area contributed by atoms with Crippen LogP contribution in [-0.2, 0) is 0 Å². The number of benzene rings is 4. The molecule has 0 radical (unpaired) electrons. The molecule has 4 heteroatoms. The average Bonchev–Trinajstić information content (AvgIpc) is 2.68. The second kappa shape index (κ2) is 7.01. The van der Waals surface area contributed by atoms with E-state index in [-0.39, 0.29) is 25.1 Å². The smallest absolute Gasteiger partial charge is 0.0628 e. The molecule has 0 saturated carbocycles. The van der Waals surface area contributed by atoms with Gasteiger partial charge in [0.05, 0.1) is 12.6 Å². The number of aliphatic hydroxyl groups is 1. The lowest BCUT2D eigenvalue weighted by Crippen LogP contribution is -2.46. The summed E-state index contributed by atoms with van der Waals surface area (Å²) in [6.45, 7) is 4.09. The van der Waals surface area contributed by atoms with Gasteiger partial charge in [-0.05, 0) is 37.9 Å². The molecule has 1 aliphatic heterocycles. The molecule has 0 aromatic heterocycles. The van der Waals surface area contributed by atoms with E-state index in [4.69, 9.17) is 0 Å². The van der Waals surface area contributed by atoms with Crippen molar-refractivity contribution in [2.75, 3.05) is 32.8 Å². The molecule has 26 heavy (non-hydrogen) atoms. The van der Waals surface area contributed by atoms with Gasteiger partial charge in [-0.1, -0.05) is 54.6 Å². The minimum absolute atomic E-state index is 0. The van der Waals surface area contributed by atoms with Gasteiger partial charge in [0.15, 0.2) is 0 Å². The number of piperazine rings is 1. The highest BCUT2D eigenvalue weighted by Gasteiger charge is 2.24. The van der Waals surface area contributed by atoms with Crippen molar-refractivity contribution in [3.05, 3.63) is 60.2 Å². The van der Waals surface area contributed by atoms with Crippen molar-refractivity contribution in [2.45, 2.75) is 6.04 Å². The van der Waals surface area contributed by atoms with Crippen LogP contribution in [0.4, 0.5) is 0 Å². The summed E-state index contributed by atoms with van der Waals surface area (Å²) in [4.78, 5) is 2.41. The number of nitrogens with one attached hydrogen (secondary N) is 1. The fourth-order valence-electron chi connectivity index (χ4n) is 4.45. The minimum Gasteiger partial charge on any atom is -0.394 e. The third kappa shape index (κ3) is 2.63. The van der Waals surface area contributed by atoms with Crippen molar-refractivity contribution in [1.82, 2.24) is 10.2 Å². The predicted molar refractivity (Wildman–Crippen MR) is 112 cm³/mol. The first kappa shape index (κ1) is 17.5. The van der Waals surface area contributed by atoms with Gasteiger partial charge in [-0.25, -0.2) is 0 Å². The number of hydrogen-bond donors (Lipinski definition) is 2. The predicted octanol–water partition coefficient (Wildman–Crippen LogP) is 3.94. The van der Waals surface area contributed by atoms with E-state index in [1.54, 1.807) is 0 Å². The van der Waals surface area contributed by atoms with Crippen LogP contribution >= 0.6 is 12.4 Å². The monoisotopic (exact) mass is 366 g/mol. The standard InChI is InChI=1S/C22H22N2O.ClH/c25-14-20(24-12-10-23-11-13-24)18-8-6-17-5-4-15-2-1-3-16-7-9-19(18)22(17)21(15)16;/h1-9,20,23,25H,10-14H2;1H/t20-;/m0./s1. The Hall–Kier alpha value is -1.91. The number of hydrogen-bond acceptors (Lipinski definition) is 3. The van der Waals surface area contributed by atoms with E-state index in [9.17, 15) is 5.11 Å². The third-order valence-electron chi connectivity index (χ3n) is 5.69. The topological polar surface area (TPSA) is 35.5 Å². The van der Waals surface area contributed by atoms with Gasteiger partial charge in [-0.15, -0.1) is 12.4 Å². The van der Waals surface area contributed by atoms with E-state index in [1.807, 2.05) is 0 Å². The van der Waals surface area contributed by atoms with Gasteiger partial charge in [-0.3, -0.25) is 4.90 Å². The summed E-state index contributed by atoms with van der Waals surface area (Å²) >= 11 is 0. The molecule has 1 saturated heterocycles. The van der Waals surface area contributed by atoms with Gasteiger partial charge in [0, 0.05) is 26.2 Å². The Morgan fingerprint density at radius 3 is 2.15 bits per heavy atom. The number of aliphatic hydroxyl groups excluding tert-OH is 1. The minimum atomic E-state index is 0. The van der Waals surface area contributed by atoms with Gasteiger partial charge in [-0.2, -0.15) is 0 Å². The number of rotatable bonds is 3. The molecule has 134 valence electrons. The van der Waals surface area contributed by atoms with Crippen LogP contribution < -0.4 is 5.32 Å². The zero-order valence-corrected chi connectivity index (χ0v) is 15.4. The molecule has 0 amide bonds. The molecule has 0 unspecified atom stereocenters. The van der Waals surface area contributed by atoms with Crippen molar-refractivity contribution in [3.8, 4) is 0 Å². The quantitative estimate of drug-likeness (QED) is 0.539. The van der Waals surface area contributed by atoms with Crippen LogP contribution in [0.25, 0.3) is 32.3 Å². The van der Waals surface area contributed by atoms with Crippen molar-refractivity contribution < 1.29 is 5.11 Å². The van der Waals surface area contributed by atoms with Crippen LogP contribution in [0, 0.1) is 0 Å². The second-order valence-corrected chi connectivity index (χ2v) is 7.00. The molecule has 1 aliphatic rings. The Labute approximate surface area is 159 Å². The van der Waals surface area contributed by atoms with Crippen molar-refractivity contribution >= 4 is 44.7 Å². The lowest BCUT2D eigenvalue weighted by atomic mass is 9.89. The molecule has 1 atom stereocenters. The van der Waals surface area contributed by atoms with E-state index >= 15 is 0 Å². The molecule has 0 aliphatic carbocycles. The number of halogens is 1. The van der Waals surface area contributed by atoms with Gasteiger partial charge in [0.2, 0.25) is 0 Å². The fourth-order valence-corrected chi connectivity index (χ4v) is 4.45. The Balaban J connectivity index is 0.00000168. The zero-order chi connectivity index (χ0) is 16.8. The fraction of sp³-hybridized carbons (Fsp3) is 0.273. The Bertz CT molecular complexity index is 1030. The first-order chi connectivity index (χ1) is 12.4. The maximum Gasteiger partial charge on any atom is 0.0628 e.